The Morgan fingerprint density at radius 2 is 1.89 bits per heavy atom. The van der Waals surface area contributed by atoms with Gasteiger partial charge in [0.25, 0.3) is 5.91 Å². The average molecular weight is 374 g/mol. The third kappa shape index (κ3) is 2.74. The molecule has 0 saturated heterocycles. The number of aromatic nitrogens is 1. The quantitative estimate of drug-likeness (QED) is 0.535. The summed E-state index contributed by atoms with van der Waals surface area (Å²) >= 11 is 1.41. The van der Waals surface area contributed by atoms with Gasteiger partial charge in [-0.2, -0.15) is 0 Å². The fourth-order valence-corrected chi connectivity index (χ4v) is 4.26. The molecule has 1 amide bonds. The summed E-state index contributed by atoms with van der Waals surface area (Å²) in [6.07, 6.45) is -0.488. The summed E-state index contributed by atoms with van der Waals surface area (Å²) < 4.78 is 6.31. The van der Waals surface area contributed by atoms with Crippen LogP contribution in [0, 0.1) is 0 Å². The number of esters is 1. The second kappa shape index (κ2) is 6.17. The Labute approximate surface area is 158 Å². The van der Waals surface area contributed by atoms with Crippen LogP contribution < -0.4 is 5.32 Å². The predicted molar refractivity (Wildman–Crippen MR) is 105 cm³/mol. The van der Waals surface area contributed by atoms with Crippen LogP contribution in [-0.2, 0) is 16.0 Å². The molecule has 2 heterocycles. The first kappa shape index (κ1) is 16.0. The molecule has 0 aliphatic carbocycles. The lowest BCUT2D eigenvalue weighted by molar-refractivity contribution is -0.125. The third-order valence-corrected chi connectivity index (χ3v) is 5.63. The summed E-state index contributed by atoms with van der Waals surface area (Å²) in [6, 6.07) is 19.2. The van der Waals surface area contributed by atoms with Gasteiger partial charge in [0.2, 0.25) is 0 Å². The predicted octanol–water partition coefficient (Wildman–Crippen LogP) is 4.17. The summed E-state index contributed by atoms with van der Waals surface area (Å²) in [5.41, 5.74) is 2.21. The molecule has 1 aliphatic heterocycles. The van der Waals surface area contributed by atoms with Crippen LogP contribution in [0.25, 0.3) is 21.0 Å². The van der Waals surface area contributed by atoms with E-state index in [1.54, 1.807) is 12.1 Å². The van der Waals surface area contributed by atoms with Crippen molar-refractivity contribution in [2.24, 2.45) is 0 Å². The third-order valence-electron chi connectivity index (χ3n) is 4.70. The van der Waals surface area contributed by atoms with Gasteiger partial charge in [-0.3, -0.25) is 10.1 Å². The minimum Gasteiger partial charge on any atom is -0.448 e. The maximum atomic E-state index is 12.6. The second-order valence-corrected chi connectivity index (χ2v) is 7.43. The van der Waals surface area contributed by atoms with Gasteiger partial charge in [0.1, 0.15) is 0 Å². The van der Waals surface area contributed by atoms with E-state index in [9.17, 15) is 9.59 Å². The van der Waals surface area contributed by atoms with Gasteiger partial charge in [-0.05, 0) is 23.1 Å². The van der Waals surface area contributed by atoms with Gasteiger partial charge in [0, 0.05) is 11.8 Å². The Bertz CT molecular complexity index is 1210. The van der Waals surface area contributed by atoms with Crippen LogP contribution in [0.4, 0.5) is 5.13 Å². The number of fused-ring (bicyclic) bond motifs is 4. The monoisotopic (exact) mass is 374 g/mol. The number of rotatable bonds is 2. The molecule has 1 aliphatic rings. The van der Waals surface area contributed by atoms with E-state index in [4.69, 9.17) is 4.74 Å². The van der Waals surface area contributed by atoms with Crippen molar-refractivity contribution in [1.29, 1.82) is 0 Å². The molecule has 0 unspecified atom stereocenters. The molecule has 3 aromatic carbocycles. The van der Waals surface area contributed by atoms with Gasteiger partial charge in [0.05, 0.1) is 15.8 Å². The lowest BCUT2D eigenvalue weighted by atomic mass is 9.98. The maximum absolute atomic E-state index is 12.6. The molecule has 5 rings (SSSR count). The zero-order chi connectivity index (χ0) is 18.4. The van der Waals surface area contributed by atoms with Crippen molar-refractivity contribution in [1.82, 2.24) is 4.98 Å². The van der Waals surface area contributed by atoms with E-state index < -0.39 is 12.1 Å². The van der Waals surface area contributed by atoms with E-state index >= 15 is 0 Å². The zero-order valence-corrected chi connectivity index (χ0v) is 15.0. The van der Waals surface area contributed by atoms with E-state index in [0.717, 1.165) is 26.6 Å². The molecule has 1 aromatic heterocycles. The maximum Gasteiger partial charge on any atom is 0.339 e. The van der Waals surface area contributed by atoms with Gasteiger partial charge in [-0.25, -0.2) is 9.78 Å². The van der Waals surface area contributed by atoms with Crippen LogP contribution in [-0.4, -0.2) is 23.0 Å². The second-order valence-electron chi connectivity index (χ2n) is 6.40. The number of amides is 1. The molecule has 0 spiro atoms. The molecule has 1 N–H and O–H groups in total. The first-order valence-corrected chi connectivity index (χ1v) is 9.39. The molecule has 6 heteroatoms. The number of carbonyl (C=O) groups excluding carboxylic acids is 2. The van der Waals surface area contributed by atoms with E-state index in [-0.39, 0.29) is 5.91 Å². The van der Waals surface area contributed by atoms with Crippen LogP contribution in [0.5, 0.6) is 0 Å². The van der Waals surface area contributed by atoms with Crippen molar-refractivity contribution < 1.29 is 14.3 Å². The molecule has 1 atom stereocenters. The topological polar surface area (TPSA) is 68.3 Å². The van der Waals surface area contributed by atoms with Crippen LogP contribution in [0.3, 0.4) is 0 Å². The van der Waals surface area contributed by atoms with E-state index in [0.29, 0.717) is 17.1 Å². The van der Waals surface area contributed by atoms with Crippen molar-refractivity contribution in [3.63, 3.8) is 0 Å². The van der Waals surface area contributed by atoms with Crippen LogP contribution in [0.2, 0.25) is 0 Å². The molecule has 132 valence electrons. The first-order chi connectivity index (χ1) is 13.2. The summed E-state index contributed by atoms with van der Waals surface area (Å²) in [5.74, 6) is -0.825. The largest absolute Gasteiger partial charge is 0.448 e. The molecule has 0 fully saturated rings. The summed E-state index contributed by atoms with van der Waals surface area (Å²) in [4.78, 5) is 29.4. The van der Waals surface area contributed by atoms with Crippen molar-refractivity contribution in [3.05, 3.63) is 71.8 Å². The fourth-order valence-electron chi connectivity index (χ4n) is 3.38. The zero-order valence-electron chi connectivity index (χ0n) is 14.1. The Morgan fingerprint density at radius 3 is 2.81 bits per heavy atom. The number of hydrogen-bond acceptors (Lipinski definition) is 5. The minimum absolute atomic E-state index is 0.360. The van der Waals surface area contributed by atoms with Crippen LogP contribution >= 0.6 is 11.3 Å². The van der Waals surface area contributed by atoms with Gasteiger partial charge in [-0.1, -0.05) is 59.9 Å². The average Bonchev–Trinajstić information content (AvgIpc) is 3.11. The number of nitrogens with one attached hydrogen (secondary N) is 1. The molecular weight excluding hydrogens is 360 g/mol. The molecular formula is C21H14N2O3S. The Hall–Kier alpha value is -3.25. The highest BCUT2D eigenvalue weighted by molar-refractivity contribution is 7.22. The first-order valence-electron chi connectivity index (χ1n) is 8.57. The van der Waals surface area contributed by atoms with Crippen molar-refractivity contribution in [3.8, 4) is 0 Å². The van der Waals surface area contributed by atoms with Gasteiger partial charge >= 0.3 is 5.97 Å². The molecule has 0 bridgehead atoms. The van der Waals surface area contributed by atoms with Crippen LogP contribution in [0.1, 0.15) is 15.9 Å². The minimum atomic E-state index is -0.851. The van der Waals surface area contributed by atoms with Crippen molar-refractivity contribution in [2.45, 2.75) is 12.5 Å². The van der Waals surface area contributed by atoms with Crippen molar-refractivity contribution >= 4 is 49.3 Å². The van der Waals surface area contributed by atoms with Crippen molar-refractivity contribution in [2.75, 3.05) is 5.32 Å². The Balaban J connectivity index is 1.43. The van der Waals surface area contributed by atoms with E-state index in [2.05, 4.69) is 10.3 Å². The van der Waals surface area contributed by atoms with Gasteiger partial charge < -0.3 is 4.74 Å². The summed E-state index contributed by atoms with van der Waals surface area (Å²) in [5, 5.41) is 5.46. The Kier molecular flexibility index (Phi) is 3.65. The van der Waals surface area contributed by atoms with Gasteiger partial charge in [-0.15, -0.1) is 0 Å². The number of carbonyl (C=O) groups is 2. The smallest absolute Gasteiger partial charge is 0.339 e. The number of hydrogen-bond donors (Lipinski definition) is 1. The lowest BCUT2D eigenvalue weighted by Crippen LogP contribution is -2.37. The highest BCUT2D eigenvalue weighted by Gasteiger charge is 2.31. The number of nitrogens with zero attached hydrogens (tertiary/aromatic N) is 1. The van der Waals surface area contributed by atoms with Crippen LogP contribution in [0.15, 0.2) is 60.7 Å². The number of ether oxygens (including phenoxy) is 1. The molecule has 0 saturated carbocycles. The standard InChI is InChI=1S/C21H14N2O3S/c24-19(16-11-13-6-2-4-8-15(13)20(25)26-16)23-21-22-18-14-7-3-1-5-12(14)9-10-17(18)27-21/h1-10,16H,11H2,(H,22,23,24)/t16-/m0/s1. The number of thiazole rings is 1. The highest BCUT2D eigenvalue weighted by atomic mass is 32.1. The van der Waals surface area contributed by atoms with Gasteiger partial charge in [0.15, 0.2) is 11.2 Å². The highest BCUT2D eigenvalue weighted by Crippen LogP contribution is 2.32. The molecule has 0 radical (unpaired) electrons. The normalized spacial score (nSPS) is 16.1. The fraction of sp³-hybridized carbons (Fsp3) is 0.0952. The molecule has 5 nitrogen and oxygen atoms in total. The molecule has 27 heavy (non-hydrogen) atoms. The molecule has 4 aromatic rings. The number of benzene rings is 3. The summed E-state index contributed by atoms with van der Waals surface area (Å²) in [7, 11) is 0. The summed E-state index contributed by atoms with van der Waals surface area (Å²) in [6.45, 7) is 0. The van der Waals surface area contributed by atoms with E-state index in [1.807, 2.05) is 48.5 Å². The Morgan fingerprint density at radius 1 is 1.07 bits per heavy atom. The lowest BCUT2D eigenvalue weighted by Gasteiger charge is -2.23. The van der Waals surface area contributed by atoms with E-state index in [1.165, 1.54) is 11.3 Å². The SMILES string of the molecule is O=C1O[C@H](C(=O)Nc2nc3c(ccc4ccccc43)s2)Cc2ccccc21. The number of cyclic esters (lactones) is 1. The number of anilines is 1.